The van der Waals surface area contributed by atoms with Crippen LogP contribution in [0, 0.1) is 5.82 Å². The third-order valence-electron chi connectivity index (χ3n) is 1.85. The van der Waals surface area contributed by atoms with Crippen LogP contribution in [-0.2, 0) is 6.54 Å². The van der Waals surface area contributed by atoms with E-state index in [4.69, 9.17) is 4.74 Å². The molecule has 1 aromatic carbocycles. The SMILES string of the molecule is COc1ccc(CNN(C)C)c(F)c1. The largest absolute Gasteiger partial charge is 0.497 e. The van der Waals surface area contributed by atoms with Crippen LogP contribution in [0.1, 0.15) is 5.56 Å². The van der Waals surface area contributed by atoms with E-state index in [1.807, 2.05) is 14.1 Å². The van der Waals surface area contributed by atoms with Gasteiger partial charge in [0.05, 0.1) is 7.11 Å². The topological polar surface area (TPSA) is 24.5 Å². The van der Waals surface area contributed by atoms with Crippen molar-refractivity contribution in [2.24, 2.45) is 0 Å². The molecule has 0 radical (unpaired) electrons. The van der Waals surface area contributed by atoms with Crippen molar-refractivity contribution in [3.63, 3.8) is 0 Å². The number of hydrazine groups is 1. The van der Waals surface area contributed by atoms with E-state index in [0.717, 1.165) is 0 Å². The maximum Gasteiger partial charge on any atom is 0.131 e. The fraction of sp³-hybridized carbons (Fsp3) is 0.400. The third kappa shape index (κ3) is 2.97. The lowest BCUT2D eigenvalue weighted by molar-refractivity contribution is 0.283. The summed E-state index contributed by atoms with van der Waals surface area (Å²) in [5, 5.41) is 1.78. The van der Waals surface area contributed by atoms with Crippen LogP contribution in [0.15, 0.2) is 18.2 Å². The molecule has 4 heteroatoms. The van der Waals surface area contributed by atoms with Crippen molar-refractivity contribution in [1.82, 2.24) is 10.4 Å². The second-order valence-electron chi connectivity index (χ2n) is 3.19. The molecular weight excluding hydrogens is 183 g/mol. The molecule has 0 heterocycles. The minimum atomic E-state index is -0.251. The summed E-state index contributed by atoms with van der Waals surface area (Å²) in [6.07, 6.45) is 0. The molecule has 0 aliphatic rings. The van der Waals surface area contributed by atoms with Crippen LogP contribution in [0.4, 0.5) is 4.39 Å². The predicted octanol–water partition coefficient (Wildman–Crippen LogP) is 1.40. The summed E-state index contributed by atoms with van der Waals surface area (Å²) >= 11 is 0. The van der Waals surface area contributed by atoms with Gasteiger partial charge < -0.3 is 4.74 Å². The monoisotopic (exact) mass is 198 g/mol. The lowest BCUT2D eigenvalue weighted by Crippen LogP contribution is -2.29. The summed E-state index contributed by atoms with van der Waals surface area (Å²) in [6, 6.07) is 4.84. The Morgan fingerprint density at radius 1 is 1.43 bits per heavy atom. The molecule has 0 spiro atoms. The maximum atomic E-state index is 13.3. The van der Waals surface area contributed by atoms with E-state index in [2.05, 4.69) is 5.43 Å². The molecule has 0 bridgehead atoms. The lowest BCUT2D eigenvalue weighted by atomic mass is 10.2. The molecule has 3 nitrogen and oxygen atoms in total. The van der Waals surface area contributed by atoms with Gasteiger partial charge in [0.2, 0.25) is 0 Å². The van der Waals surface area contributed by atoms with Crippen molar-refractivity contribution in [3.8, 4) is 5.75 Å². The first-order chi connectivity index (χ1) is 6.63. The van der Waals surface area contributed by atoms with Crippen LogP contribution in [0.3, 0.4) is 0 Å². The first-order valence-corrected chi connectivity index (χ1v) is 4.36. The molecule has 0 saturated carbocycles. The van der Waals surface area contributed by atoms with Gasteiger partial charge >= 0.3 is 0 Å². The molecular formula is C10H15FN2O. The molecule has 0 aliphatic heterocycles. The molecule has 0 saturated heterocycles. The number of benzene rings is 1. The molecule has 0 amide bonds. The fourth-order valence-electron chi connectivity index (χ4n) is 1.04. The molecule has 0 atom stereocenters. The maximum absolute atomic E-state index is 13.3. The molecule has 78 valence electrons. The van der Waals surface area contributed by atoms with E-state index in [-0.39, 0.29) is 5.82 Å². The van der Waals surface area contributed by atoms with Crippen LogP contribution in [-0.4, -0.2) is 26.2 Å². The van der Waals surface area contributed by atoms with Gasteiger partial charge in [-0.2, -0.15) is 0 Å². The van der Waals surface area contributed by atoms with E-state index in [1.165, 1.54) is 13.2 Å². The molecule has 0 aliphatic carbocycles. The zero-order valence-electron chi connectivity index (χ0n) is 8.67. The van der Waals surface area contributed by atoms with E-state index in [1.54, 1.807) is 17.1 Å². The lowest BCUT2D eigenvalue weighted by Gasteiger charge is -2.12. The Morgan fingerprint density at radius 2 is 2.14 bits per heavy atom. The molecule has 1 N–H and O–H groups in total. The van der Waals surface area contributed by atoms with Gasteiger partial charge in [0.15, 0.2) is 0 Å². The number of halogens is 1. The van der Waals surface area contributed by atoms with Gasteiger partial charge in [0.25, 0.3) is 0 Å². The molecule has 0 aromatic heterocycles. The first kappa shape index (κ1) is 10.9. The van der Waals surface area contributed by atoms with Crippen molar-refractivity contribution in [3.05, 3.63) is 29.6 Å². The van der Waals surface area contributed by atoms with Crippen molar-refractivity contribution in [2.75, 3.05) is 21.2 Å². The minimum Gasteiger partial charge on any atom is -0.497 e. The van der Waals surface area contributed by atoms with E-state index in [0.29, 0.717) is 17.9 Å². The van der Waals surface area contributed by atoms with Crippen LogP contribution in [0.25, 0.3) is 0 Å². The van der Waals surface area contributed by atoms with Crippen molar-refractivity contribution >= 4 is 0 Å². The number of rotatable bonds is 4. The van der Waals surface area contributed by atoms with Crippen LogP contribution in [0.2, 0.25) is 0 Å². The highest BCUT2D eigenvalue weighted by molar-refractivity contribution is 5.28. The molecule has 14 heavy (non-hydrogen) atoms. The highest BCUT2D eigenvalue weighted by Gasteiger charge is 2.03. The predicted molar refractivity (Wildman–Crippen MR) is 53.5 cm³/mol. The van der Waals surface area contributed by atoms with Gasteiger partial charge in [0, 0.05) is 32.3 Å². The molecule has 0 fully saturated rings. The van der Waals surface area contributed by atoms with Gasteiger partial charge in [-0.05, 0) is 6.07 Å². The van der Waals surface area contributed by atoms with E-state index < -0.39 is 0 Å². The second kappa shape index (κ2) is 4.93. The van der Waals surface area contributed by atoms with Gasteiger partial charge in [-0.15, -0.1) is 0 Å². The minimum absolute atomic E-state index is 0.251. The van der Waals surface area contributed by atoms with E-state index >= 15 is 0 Å². The zero-order valence-corrected chi connectivity index (χ0v) is 8.67. The number of hydrogen-bond donors (Lipinski definition) is 1. The van der Waals surface area contributed by atoms with E-state index in [9.17, 15) is 4.39 Å². The van der Waals surface area contributed by atoms with Gasteiger partial charge in [-0.3, -0.25) is 10.4 Å². The Bertz CT molecular complexity index is 302. The third-order valence-corrected chi connectivity index (χ3v) is 1.85. The van der Waals surface area contributed by atoms with Crippen molar-refractivity contribution in [2.45, 2.75) is 6.54 Å². The van der Waals surface area contributed by atoms with Gasteiger partial charge in [0.1, 0.15) is 11.6 Å². The summed E-state index contributed by atoms with van der Waals surface area (Å²) in [7, 11) is 5.25. The number of nitrogens with zero attached hydrogens (tertiary/aromatic N) is 1. The number of ether oxygens (including phenoxy) is 1. The molecule has 1 aromatic rings. The van der Waals surface area contributed by atoms with Crippen molar-refractivity contribution in [1.29, 1.82) is 0 Å². The smallest absolute Gasteiger partial charge is 0.131 e. The number of nitrogens with one attached hydrogen (secondary N) is 1. The Balaban J connectivity index is 2.69. The summed E-state index contributed by atoms with van der Waals surface area (Å²) in [4.78, 5) is 0. The summed E-state index contributed by atoms with van der Waals surface area (Å²) in [5.74, 6) is 0.287. The normalized spacial score (nSPS) is 10.6. The Labute approximate surface area is 83.5 Å². The molecule has 1 rings (SSSR count). The quantitative estimate of drug-likeness (QED) is 0.740. The van der Waals surface area contributed by atoms with Gasteiger partial charge in [-0.25, -0.2) is 4.39 Å². The van der Waals surface area contributed by atoms with Crippen LogP contribution >= 0.6 is 0 Å². The average Bonchev–Trinajstić information content (AvgIpc) is 2.15. The Kier molecular flexibility index (Phi) is 3.85. The standard InChI is InChI=1S/C10H15FN2O/c1-13(2)12-7-8-4-5-9(14-3)6-10(8)11/h4-6,12H,7H2,1-3H3. The van der Waals surface area contributed by atoms with Crippen molar-refractivity contribution < 1.29 is 9.13 Å². The van der Waals surface area contributed by atoms with Gasteiger partial charge in [-0.1, -0.05) is 6.07 Å². The number of methoxy groups -OCH3 is 1. The fourth-order valence-corrected chi connectivity index (χ4v) is 1.04. The second-order valence-corrected chi connectivity index (χ2v) is 3.19. The summed E-state index contributed by atoms with van der Waals surface area (Å²) < 4.78 is 18.3. The Hall–Kier alpha value is -1.13. The first-order valence-electron chi connectivity index (χ1n) is 4.36. The summed E-state index contributed by atoms with van der Waals surface area (Å²) in [5.41, 5.74) is 3.62. The highest BCUT2D eigenvalue weighted by Crippen LogP contribution is 2.15. The molecule has 0 unspecified atom stereocenters. The Morgan fingerprint density at radius 3 is 2.64 bits per heavy atom. The zero-order chi connectivity index (χ0) is 10.6. The number of hydrogen-bond acceptors (Lipinski definition) is 3. The van der Waals surface area contributed by atoms with Crippen LogP contribution in [0.5, 0.6) is 5.75 Å². The average molecular weight is 198 g/mol. The highest BCUT2D eigenvalue weighted by atomic mass is 19.1. The van der Waals surface area contributed by atoms with Crippen LogP contribution < -0.4 is 10.2 Å². The summed E-state index contributed by atoms with van der Waals surface area (Å²) in [6.45, 7) is 0.475.